The van der Waals surface area contributed by atoms with E-state index in [1.54, 1.807) is 0 Å². The number of carbonyl (C=O) groups excluding carboxylic acids is 1. The second-order valence-electron chi connectivity index (χ2n) is 3.12. The molecule has 1 fully saturated rings. The Balaban J connectivity index is 2.55. The third kappa shape index (κ3) is 2.92. The highest BCUT2D eigenvalue weighted by atomic mass is 32.2. The summed E-state index contributed by atoms with van der Waals surface area (Å²) < 4.78 is 0.375. The highest BCUT2D eigenvalue weighted by Crippen LogP contribution is 2.20. The number of carbonyl (C=O) groups is 3. The van der Waals surface area contributed by atoms with Crippen molar-refractivity contribution < 1.29 is 24.6 Å². The number of hydrogen-bond donors (Lipinski definition) is 2. The summed E-state index contributed by atoms with van der Waals surface area (Å²) in [6.45, 7) is 0.0356. The zero-order chi connectivity index (χ0) is 12.3. The molecule has 6 nitrogen and oxygen atoms in total. The Morgan fingerprint density at radius 1 is 1.44 bits per heavy atom. The number of nitrogens with zero attached hydrogens (tertiary/aromatic N) is 1. The minimum atomic E-state index is -1.50. The Bertz CT molecular complexity index is 324. The van der Waals surface area contributed by atoms with Crippen molar-refractivity contribution in [2.45, 2.75) is 6.42 Å². The van der Waals surface area contributed by atoms with Crippen molar-refractivity contribution in [3.63, 3.8) is 0 Å². The van der Waals surface area contributed by atoms with E-state index >= 15 is 0 Å². The lowest BCUT2D eigenvalue weighted by molar-refractivity contribution is -0.155. The molecule has 0 saturated carbocycles. The molecule has 0 aromatic rings. The maximum Gasteiger partial charge on any atom is 0.317 e. The summed E-state index contributed by atoms with van der Waals surface area (Å²) in [7, 11) is 0. The van der Waals surface area contributed by atoms with Gasteiger partial charge in [-0.15, -0.1) is 0 Å². The average Bonchev–Trinajstić information content (AvgIpc) is 2.47. The van der Waals surface area contributed by atoms with Gasteiger partial charge in [0.2, 0.25) is 5.91 Å². The highest BCUT2D eigenvalue weighted by molar-refractivity contribution is 8.23. The van der Waals surface area contributed by atoms with Gasteiger partial charge in [0, 0.05) is 6.54 Å². The summed E-state index contributed by atoms with van der Waals surface area (Å²) in [6.07, 6.45) is -0.142. The molecule has 1 rings (SSSR count). The van der Waals surface area contributed by atoms with Crippen LogP contribution in [0.15, 0.2) is 0 Å². The largest absolute Gasteiger partial charge is 0.481 e. The molecule has 1 amide bonds. The van der Waals surface area contributed by atoms with E-state index in [1.165, 1.54) is 16.7 Å². The predicted molar refractivity (Wildman–Crippen MR) is 60.1 cm³/mol. The molecule has 2 N–H and O–H groups in total. The van der Waals surface area contributed by atoms with Crippen LogP contribution in [0.1, 0.15) is 6.42 Å². The normalized spacial score (nSPS) is 15.9. The summed E-state index contributed by atoms with van der Waals surface area (Å²) in [5, 5.41) is 17.3. The number of rotatable bonds is 5. The van der Waals surface area contributed by atoms with Crippen LogP contribution in [0.5, 0.6) is 0 Å². The molecule has 0 aliphatic carbocycles. The summed E-state index contributed by atoms with van der Waals surface area (Å²) in [5.74, 6) is -4.27. The SMILES string of the molecule is O=C(O)C(CCN1C(=O)CSC1=S)C(=O)O. The van der Waals surface area contributed by atoms with Crippen molar-refractivity contribution in [2.75, 3.05) is 12.3 Å². The third-order valence-corrected chi connectivity index (χ3v) is 3.51. The lowest BCUT2D eigenvalue weighted by Gasteiger charge is -2.16. The number of carboxylic acid groups (broad SMARTS) is 2. The molecule has 88 valence electrons. The molecule has 1 aliphatic heterocycles. The lowest BCUT2D eigenvalue weighted by atomic mass is 10.1. The van der Waals surface area contributed by atoms with Crippen LogP contribution < -0.4 is 0 Å². The van der Waals surface area contributed by atoms with Crippen LogP contribution in [0, 0.1) is 5.92 Å². The first-order valence-corrected chi connectivity index (χ1v) is 5.75. The number of carboxylic acids is 2. The maximum absolute atomic E-state index is 11.3. The fourth-order valence-electron chi connectivity index (χ4n) is 1.21. The van der Waals surface area contributed by atoms with Crippen LogP contribution in [-0.2, 0) is 14.4 Å². The smallest absolute Gasteiger partial charge is 0.317 e. The fraction of sp³-hybridized carbons (Fsp3) is 0.500. The molecule has 0 aromatic carbocycles. The van der Waals surface area contributed by atoms with Crippen LogP contribution in [0.25, 0.3) is 0 Å². The topological polar surface area (TPSA) is 94.9 Å². The van der Waals surface area contributed by atoms with Gasteiger partial charge in [-0.05, 0) is 6.42 Å². The number of hydrogen-bond acceptors (Lipinski definition) is 5. The summed E-state index contributed by atoms with van der Waals surface area (Å²) in [5.41, 5.74) is 0. The molecule has 16 heavy (non-hydrogen) atoms. The second kappa shape index (κ2) is 5.26. The number of thiocarbonyl (C=S) groups is 1. The van der Waals surface area contributed by atoms with Crippen LogP contribution in [-0.4, -0.2) is 49.6 Å². The molecular formula is C8H9NO5S2. The molecule has 1 aliphatic rings. The van der Waals surface area contributed by atoms with Crippen molar-refractivity contribution in [3.05, 3.63) is 0 Å². The molecule has 0 aromatic heterocycles. The summed E-state index contributed by atoms with van der Waals surface area (Å²) in [6, 6.07) is 0. The van der Waals surface area contributed by atoms with E-state index in [0.717, 1.165) is 0 Å². The Kier molecular flexibility index (Phi) is 4.25. The van der Waals surface area contributed by atoms with Crippen molar-refractivity contribution in [3.8, 4) is 0 Å². The Morgan fingerprint density at radius 3 is 2.38 bits per heavy atom. The monoisotopic (exact) mass is 263 g/mol. The molecular weight excluding hydrogens is 254 g/mol. The number of aliphatic carboxylic acids is 2. The molecule has 0 radical (unpaired) electrons. The third-order valence-electron chi connectivity index (χ3n) is 2.08. The van der Waals surface area contributed by atoms with Crippen molar-refractivity contribution in [2.24, 2.45) is 5.92 Å². The van der Waals surface area contributed by atoms with Gasteiger partial charge in [-0.2, -0.15) is 0 Å². The molecule has 0 spiro atoms. The van der Waals surface area contributed by atoms with Gasteiger partial charge < -0.3 is 10.2 Å². The zero-order valence-electron chi connectivity index (χ0n) is 8.08. The van der Waals surface area contributed by atoms with Gasteiger partial charge in [-0.1, -0.05) is 24.0 Å². The minimum Gasteiger partial charge on any atom is -0.481 e. The maximum atomic E-state index is 11.3. The van der Waals surface area contributed by atoms with E-state index in [4.69, 9.17) is 22.4 Å². The van der Waals surface area contributed by atoms with E-state index in [9.17, 15) is 14.4 Å². The van der Waals surface area contributed by atoms with E-state index < -0.39 is 17.9 Å². The first kappa shape index (κ1) is 12.9. The van der Waals surface area contributed by atoms with Gasteiger partial charge in [0.15, 0.2) is 5.92 Å². The number of amides is 1. The van der Waals surface area contributed by atoms with E-state index in [-0.39, 0.29) is 24.6 Å². The van der Waals surface area contributed by atoms with Gasteiger partial charge >= 0.3 is 11.9 Å². The van der Waals surface area contributed by atoms with E-state index in [0.29, 0.717) is 4.32 Å². The zero-order valence-corrected chi connectivity index (χ0v) is 9.71. The second-order valence-corrected chi connectivity index (χ2v) is 4.73. The van der Waals surface area contributed by atoms with Crippen LogP contribution in [0.3, 0.4) is 0 Å². The van der Waals surface area contributed by atoms with Crippen LogP contribution in [0.4, 0.5) is 0 Å². The van der Waals surface area contributed by atoms with E-state index in [2.05, 4.69) is 0 Å². The lowest BCUT2D eigenvalue weighted by Crippen LogP contribution is -2.34. The summed E-state index contributed by atoms with van der Waals surface area (Å²) >= 11 is 6.07. The molecule has 1 heterocycles. The van der Waals surface area contributed by atoms with E-state index in [1.807, 2.05) is 0 Å². The first-order chi connectivity index (χ1) is 7.43. The molecule has 8 heteroatoms. The highest BCUT2D eigenvalue weighted by Gasteiger charge is 2.31. The Labute approximate surface area is 101 Å². The Hall–Kier alpha value is -1.15. The van der Waals surface area contributed by atoms with Crippen molar-refractivity contribution >= 4 is 46.1 Å². The molecule has 1 saturated heterocycles. The van der Waals surface area contributed by atoms with Crippen molar-refractivity contribution in [1.82, 2.24) is 4.90 Å². The first-order valence-electron chi connectivity index (χ1n) is 4.36. The molecule has 0 bridgehead atoms. The van der Waals surface area contributed by atoms with Gasteiger partial charge in [0.25, 0.3) is 0 Å². The predicted octanol–water partition coefficient (Wildman–Crippen LogP) is 0.0222. The van der Waals surface area contributed by atoms with Crippen LogP contribution >= 0.6 is 24.0 Å². The van der Waals surface area contributed by atoms with Gasteiger partial charge in [-0.25, -0.2) is 0 Å². The minimum absolute atomic E-state index is 0.0356. The standard InChI is InChI=1S/C8H9NO5S2/c10-5-3-16-8(15)9(5)2-1-4(6(11)12)7(13)14/h4H,1-3H2,(H,11,12)(H,13,14). The van der Waals surface area contributed by atoms with Gasteiger partial charge in [-0.3, -0.25) is 19.3 Å². The van der Waals surface area contributed by atoms with Gasteiger partial charge in [0.1, 0.15) is 4.32 Å². The quantitative estimate of drug-likeness (QED) is 0.533. The molecule has 0 atom stereocenters. The van der Waals surface area contributed by atoms with Crippen LogP contribution in [0.2, 0.25) is 0 Å². The molecule has 0 unspecified atom stereocenters. The number of thioether (sulfide) groups is 1. The summed E-state index contributed by atoms with van der Waals surface area (Å²) in [4.78, 5) is 33.7. The fourth-order valence-corrected chi connectivity index (χ4v) is 2.33. The average molecular weight is 263 g/mol. The Morgan fingerprint density at radius 2 is 2.00 bits per heavy atom. The van der Waals surface area contributed by atoms with Gasteiger partial charge in [0.05, 0.1) is 5.75 Å². The van der Waals surface area contributed by atoms with Crippen molar-refractivity contribution in [1.29, 1.82) is 0 Å².